The molecule has 1 aliphatic heterocycles. The molecule has 1 heterocycles. The summed E-state index contributed by atoms with van der Waals surface area (Å²) in [4.78, 5) is 3.57. The summed E-state index contributed by atoms with van der Waals surface area (Å²) in [6.07, 6.45) is 1.65. The lowest BCUT2D eigenvalue weighted by molar-refractivity contribution is 1.13. The van der Waals surface area contributed by atoms with Gasteiger partial charge in [-0.05, 0) is 11.9 Å². The molecule has 0 saturated carbocycles. The van der Waals surface area contributed by atoms with Gasteiger partial charge in [0.2, 0.25) is 0 Å². The molecule has 0 saturated heterocycles. The number of thiol groups is 1. The molecule has 1 aliphatic rings. The predicted octanol–water partition coefficient (Wildman–Crippen LogP) is 0.995. The Bertz CT molecular complexity index is 118. The van der Waals surface area contributed by atoms with Crippen LogP contribution in [0, 0.1) is 0 Å². The fraction of sp³-hybridized carbons (Fsp3) is 0. The third-order valence-corrected chi connectivity index (χ3v) is 1.48. The maximum absolute atomic E-state index is 4.01. The molecule has 0 fully saturated rings. The molecule has 1 N–H and O–H groups in total. The van der Waals surface area contributed by atoms with Crippen LogP contribution in [0.4, 0.5) is 0 Å². The zero-order valence-corrected chi connectivity index (χ0v) is 5.17. The quantitative estimate of drug-likeness (QED) is 0.379. The molecular weight excluding hydrogens is 128 g/mol. The molecule has 38 valence electrons. The van der Waals surface area contributed by atoms with E-state index in [0.29, 0.717) is 0 Å². The lowest BCUT2D eigenvalue weighted by Gasteiger charge is -1.97. The van der Waals surface area contributed by atoms with Crippen molar-refractivity contribution in [2.45, 2.75) is 0 Å². The number of hydrogen-bond donors (Lipinski definition) is 2. The highest BCUT2D eigenvalue weighted by atomic mass is 32.2. The first kappa shape index (κ1) is 5.05. The summed E-state index contributed by atoms with van der Waals surface area (Å²) in [6, 6.07) is 0. The monoisotopic (exact) mass is 132 g/mol. The minimum Gasteiger partial charge on any atom is -0.248 e. The third kappa shape index (κ3) is 1.44. The van der Waals surface area contributed by atoms with Crippen molar-refractivity contribution >= 4 is 30.8 Å². The van der Waals surface area contributed by atoms with Crippen LogP contribution >= 0.6 is 24.6 Å². The second kappa shape index (κ2) is 2.28. The molecule has 0 aromatic heterocycles. The maximum Gasteiger partial charge on any atom is 0.0617 e. The Balaban J connectivity index is 2.58. The highest BCUT2D eigenvalue weighted by Crippen LogP contribution is 2.08. The van der Waals surface area contributed by atoms with E-state index in [0.717, 1.165) is 4.91 Å². The van der Waals surface area contributed by atoms with Crippen molar-refractivity contribution in [2.24, 2.45) is 5.10 Å². The summed E-state index contributed by atoms with van der Waals surface area (Å²) in [7, 11) is 0. The molecule has 0 radical (unpaired) electrons. The standard InChI is InChI=1S/C3H4N2S2/c6-3-1-4-5-7-2-3/h1-2,5-6H. The van der Waals surface area contributed by atoms with Gasteiger partial charge in [-0.15, -0.1) is 12.6 Å². The van der Waals surface area contributed by atoms with E-state index >= 15 is 0 Å². The Kier molecular flexibility index (Phi) is 1.64. The van der Waals surface area contributed by atoms with Crippen LogP contribution in [0.15, 0.2) is 15.4 Å². The molecule has 7 heavy (non-hydrogen) atoms. The number of hydrogen-bond acceptors (Lipinski definition) is 4. The summed E-state index contributed by atoms with van der Waals surface area (Å²) >= 11 is 5.43. The van der Waals surface area contributed by atoms with E-state index in [9.17, 15) is 0 Å². The van der Waals surface area contributed by atoms with Gasteiger partial charge >= 0.3 is 0 Å². The van der Waals surface area contributed by atoms with Crippen molar-refractivity contribution in [3.05, 3.63) is 10.3 Å². The molecule has 4 heteroatoms. The largest absolute Gasteiger partial charge is 0.248 e. The Morgan fingerprint density at radius 1 is 1.86 bits per heavy atom. The van der Waals surface area contributed by atoms with E-state index in [4.69, 9.17) is 0 Å². The molecule has 0 bridgehead atoms. The molecule has 2 nitrogen and oxygen atoms in total. The topological polar surface area (TPSA) is 24.4 Å². The van der Waals surface area contributed by atoms with Crippen molar-refractivity contribution in [1.82, 2.24) is 4.83 Å². The zero-order valence-electron chi connectivity index (χ0n) is 3.46. The van der Waals surface area contributed by atoms with Crippen molar-refractivity contribution in [3.63, 3.8) is 0 Å². The molecule has 0 amide bonds. The van der Waals surface area contributed by atoms with Gasteiger partial charge in [0.05, 0.1) is 6.21 Å². The van der Waals surface area contributed by atoms with Crippen LogP contribution in [0.1, 0.15) is 0 Å². The summed E-state index contributed by atoms with van der Waals surface area (Å²) < 4.78 is 0. The number of nitrogens with one attached hydrogen (secondary N) is 1. The van der Waals surface area contributed by atoms with Crippen molar-refractivity contribution in [1.29, 1.82) is 0 Å². The van der Waals surface area contributed by atoms with E-state index in [1.807, 2.05) is 5.41 Å². The van der Waals surface area contributed by atoms with Crippen LogP contribution in [0.2, 0.25) is 0 Å². The molecule has 0 aromatic rings. The SMILES string of the molecule is SC1=CSNN=C1. The van der Waals surface area contributed by atoms with Crippen LogP contribution in [-0.4, -0.2) is 6.21 Å². The minimum atomic E-state index is 0.892. The molecule has 0 aromatic carbocycles. The molecular formula is C3H4N2S2. The molecule has 0 spiro atoms. The van der Waals surface area contributed by atoms with Gasteiger partial charge < -0.3 is 0 Å². The highest BCUT2D eigenvalue weighted by Gasteiger charge is 1.87. The van der Waals surface area contributed by atoms with Gasteiger partial charge in [-0.2, -0.15) is 5.10 Å². The Hall–Kier alpha value is -0.0900. The van der Waals surface area contributed by atoms with Gasteiger partial charge in [0.15, 0.2) is 0 Å². The Morgan fingerprint density at radius 3 is 3.00 bits per heavy atom. The number of hydrazone groups is 1. The summed E-state index contributed by atoms with van der Waals surface area (Å²) in [5, 5.41) is 5.57. The second-order valence-electron chi connectivity index (χ2n) is 1.01. The normalized spacial score (nSPS) is 18.1. The lowest BCUT2D eigenvalue weighted by Crippen LogP contribution is -1.94. The minimum absolute atomic E-state index is 0.892. The fourth-order valence-electron chi connectivity index (χ4n) is 0.240. The average molecular weight is 132 g/mol. The number of allylic oxidation sites excluding steroid dienone is 1. The second-order valence-corrected chi connectivity index (χ2v) is 2.18. The predicted molar refractivity (Wildman–Crippen MR) is 36.3 cm³/mol. The van der Waals surface area contributed by atoms with E-state index in [-0.39, 0.29) is 0 Å². The fourth-order valence-corrected chi connectivity index (χ4v) is 0.804. The first-order valence-corrected chi connectivity index (χ1v) is 3.05. The van der Waals surface area contributed by atoms with Crippen molar-refractivity contribution < 1.29 is 0 Å². The van der Waals surface area contributed by atoms with Crippen LogP contribution in [-0.2, 0) is 0 Å². The zero-order chi connectivity index (χ0) is 5.11. The lowest BCUT2D eigenvalue weighted by atomic mass is 10.7. The summed E-state index contributed by atoms with van der Waals surface area (Å²) in [6.45, 7) is 0. The Morgan fingerprint density at radius 2 is 2.71 bits per heavy atom. The number of nitrogens with zero attached hydrogens (tertiary/aromatic N) is 1. The third-order valence-electron chi connectivity index (χ3n) is 0.482. The van der Waals surface area contributed by atoms with Gasteiger partial charge in [-0.1, -0.05) is 0 Å². The Labute approximate surface area is 51.6 Å². The summed E-state index contributed by atoms with van der Waals surface area (Å²) in [5.41, 5.74) is 0. The first-order chi connectivity index (χ1) is 3.39. The van der Waals surface area contributed by atoms with Crippen molar-refractivity contribution in [3.8, 4) is 0 Å². The van der Waals surface area contributed by atoms with E-state index in [1.54, 1.807) is 6.21 Å². The van der Waals surface area contributed by atoms with Gasteiger partial charge in [-0.3, -0.25) is 0 Å². The highest BCUT2D eigenvalue weighted by molar-refractivity contribution is 8.01. The van der Waals surface area contributed by atoms with E-state index in [2.05, 4.69) is 22.6 Å². The van der Waals surface area contributed by atoms with Crippen LogP contribution in [0.25, 0.3) is 0 Å². The first-order valence-electron chi connectivity index (χ1n) is 1.72. The van der Waals surface area contributed by atoms with E-state index in [1.165, 1.54) is 11.9 Å². The molecule has 0 atom stereocenters. The van der Waals surface area contributed by atoms with Crippen LogP contribution in [0.3, 0.4) is 0 Å². The van der Waals surface area contributed by atoms with Gasteiger partial charge in [0.1, 0.15) is 0 Å². The molecule has 0 unspecified atom stereocenters. The maximum atomic E-state index is 4.01. The van der Waals surface area contributed by atoms with Gasteiger partial charge in [0.25, 0.3) is 0 Å². The van der Waals surface area contributed by atoms with Gasteiger partial charge in [-0.25, -0.2) is 4.83 Å². The van der Waals surface area contributed by atoms with E-state index < -0.39 is 0 Å². The summed E-state index contributed by atoms with van der Waals surface area (Å²) in [5.74, 6) is 0. The van der Waals surface area contributed by atoms with Crippen LogP contribution < -0.4 is 4.83 Å². The molecule has 0 aliphatic carbocycles. The van der Waals surface area contributed by atoms with Gasteiger partial charge in [0, 0.05) is 10.3 Å². The van der Waals surface area contributed by atoms with Crippen LogP contribution in [0.5, 0.6) is 0 Å². The average Bonchev–Trinajstić information content (AvgIpc) is 1.69. The smallest absolute Gasteiger partial charge is 0.0617 e. The molecule has 1 rings (SSSR count). The van der Waals surface area contributed by atoms with Crippen molar-refractivity contribution in [2.75, 3.05) is 0 Å². The number of rotatable bonds is 0.